The fraction of sp³-hybridized carbons (Fsp3) is 1.00. The first kappa shape index (κ1) is 12.4. The largest absolute Gasteiger partial charge is 0.327 e. The molecule has 1 saturated heterocycles. The molecule has 0 aromatic rings. The molecule has 1 aliphatic heterocycles. The van der Waals surface area contributed by atoms with Crippen LogP contribution in [0.5, 0.6) is 0 Å². The third kappa shape index (κ3) is 4.70. The predicted octanol–water partition coefficient (Wildman–Crippen LogP) is 3.43. The molecule has 1 aliphatic rings. The van der Waals surface area contributed by atoms with Gasteiger partial charge in [0.15, 0.2) is 0 Å². The van der Waals surface area contributed by atoms with E-state index in [2.05, 4.69) is 32.5 Å². The summed E-state index contributed by atoms with van der Waals surface area (Å²) in [6.07, 6.45) is 6.58. The van der Waals surface area contributed by atoms with Gasteiger partial charge in [-0.05, 0) is 36.9 Å². The first-order valence-electron chi connectivity index (χ1n) is 5.86. The van der Waals surface area contributed by atoms with E-state index in [0.29, 0.717) is 11.5 Å². The number of hydrogen-bond donors (Lipinski definition) is 1. The van der Waals surface area contributed by atoms with Crippen LogP contribution in [0.4, 0.5) is 0 Å². The Morgan fingerprint density at radius 1 is 1.36 bits per heavy atom. The normalized spacial score (nSPS) is 26.1. The maximum Gasteiger partial charge on any atom is 0.0199 e. The summed E-state index contributed by atoms with van der Waals surface area (Å²) in [5.41, 5.74) is 6.68. The van der Waals surface area contributed by atoms with Crippen LogP contribution in [0.2, 0.25) is 0 Å². The van der Waals surface area contributed by atoms with Gasteiger partial charge in [-0.2, -0.15) is 11.8 Å². The lowest BCUT2D eigenvalue weighted by Gasteiger charge is -2.29. The number of nitrogens with two attached hydrogens (primary N) is 1. The SMILES string of the molecule is CC(C)(C)CCC(N)C1CCCCS1. The molecular weight excluding hydrogens is 190 g/mol. The quantitative estimate of drug-likeness (QED) is 0.780. The van der Waals surface area contributed by atoms with E-state index < -0.39 is 0 Å². The standard InChI is InChI=1S/C12H25NS/c1-12(2,3)8-7-10(13)11-6-4-5-9-14-11/h10-11H,4-9,13H2,1-3H3. The molecule has 0 bridgehead atoms. The van der Waals surface area contributed by atoms with Crippen molar-refractivity contribution in [3.8, 4) is 0 Å². The molecule has 1 fully saturated rings. The fourth-order valence-corrected chi connectivity index (χ4v) is 3.28. The highest BCUT2D eigenvalue weighted by atomic mass is 32.2. The van der Waals surface area contributed by atoms with E-state index in [-0.39, 0.29) is 0 Å². The maximum absolute atomic E-state index is 6.23. The summed E-state index contributed by atoms with van der Waals surface area (Å²) in [7, 11) is 0. The van der Waals surface area contributed by atoms with Crippen LogP contribution in [0.15, 0.2) is 0 Å². The second kappa shape index (κ2) is 5.41. The van der Waals surface area contributed by atoms with Gasteiger partial charge < -0.3 is 5.73 Å². The van der Waals surface area contributed by atoms with Crippen LogP contribution in [0.1, 0.15) is 52.9 Å². The first-order chi connectivity index (χ1) is 6.49. The zero-order valence-corrected chi connectivity index (χ0v) is 10.7. The van der Waals surface area contributed by atoms with Gasteiger partial charge in [-0.15, -0.1) is 0 Å². The van der Waals surface area contributed by atoms with Crippen molar-refractivity contribution < 1.29 is 0 Å². The van der Waals surface area contributed by atoms with Crippen molar-refractivity contribution in [3.63, 3.8) is 0 Å². The van der Waals surface area contributed by atoms with Gasteiger partial charge in [0, 0.05) is 11.3 Å². The van der Waals surface area contributed by atoms with E-state index >= 15 is 0 Å². The van der Waals surface area contributed by atoms with Crippen LogP contribution in [0.25, 0.3) is 0 Å². The summed E-state index contributed by atoms with van der Waals surface area (Å²) >= 11 is 2.10. The molecule has 1 heterocycles. The molecule has 1 rings (SSSR count). The van der Waals surface area contributed by atoms with Gasteiger partial charge in [0.1, 0.15) is 0 Å². The summed E-state index contributed by atoms with van der Waals surface area (Å²) in [6.45, 7) is 6.90. The Labute approximate surface area is 93.2 Å². The van der Waals surface area contributed by atoms with E-state index in [4.69, 9.17) is 5.73 Å². The van der Waals surface area contributed by atoms with Gasteiger partial charge in [-0.25, -0.2) is 0 Å². The van der Waals surface area contributed by atoms with Crippen LogP contribution < -0.4 is 5.73 Å². The average Bonchev–Trinajstić information content (AvgIpc) is 2.14. The van der Waals surface area contributed by atoms with Gasteiger partial charge in [-0.3, -0.25) is 0 Å². The Morgan fingerprint density at radius 3 is 2.57 bits per heavy atom. The van der Waals surface area contributed by atoms with Crippen LogP contribution in [0, 0.1) is 5.41 Å². The van der Waals surface area contributed by atoms with Crippen LogP contribution >= 0.6 is 11.8 Å². The maximum atomic E-state index is 6.23. The molecule has 0 radical (unpaired) electrons. The minimum Gasteiger partial charge on any atom is -0.327 e. The summed E-state index contributed by atoms with van der Waals surface area (Å²) in [4.78, 5) is 0. The van der Waals surface area contributed by atoms with E-state index in [9.17, 15) is 0 Å². The van der Waals surface area contributed by atoms with Crippen molar-refractivity contribution in [2.45, 2.75) is 64.2 Å². The molecule has 14 heavy (non-hydrogen) atoms. The summed E-state index contributed by atoms with van der Waals surface area (Å²) in [5, 5.41) is 0.742. The predicted molar refractivity (Wildman–Crippen MR) is 66.8 cm³/mol. The first-order valence-corrected chi connectivity index (χ1v) is 6.91. The van der Waals surface area contributed by atoms with E-state index in [1.807, 2.05) is 0 Å². The van der Waals surface area contributed by atoms with Crippen molar-refractivity contribution in [1.29, 1.82) is 0 Å². The van der Waals surface area contributed by atoms with Gasteiger partial charge in [0.05, 0.1) is 0 Å². The lowest BCUT2D eigenvalue weighted by atomic mass is 9.88. The van der Waals surface area contributed by atoms with Crippen molar-refractivity contribution in [3.05, 3.63) is 0 Å². The van der Waals surface area contributed by atoms with Crippen LogP contribution in [0.3, 0.4) is 0 Å². The third-order valence-electron chi connectivity index (χ3n) is 2.92. The van der Waals surface area contributed by atoms with E-state index in [1.54, 1.807) is 0 Å². The number of rotatable bonds is 3. The van der Waals surface area contributed by atoms with Crippen molar-refractivity contribution in [2.75, 3.05) is 5.75 Å². The number of thioether (sulfide) groups is 1. The second-order valence-electron chi connectivity index (χ2n) is 5.67. The van der Waals surface area contributed by atoms with Crippen LogP contribution in [-0.2, 0) is 0 Å². The molecule has 0 aromatic carbocycles. The Morgan fingerprint density at radius 2 is 2.07 bits per heavy atom. The lowest BCUT2D eigenvalue weighted by Crippen LogP contribution is -2.35. The fourth-order valence-electron chi connectivity index (χ4n) is 1.89. The zero-order valence-electron chi connectivity index (χ0n) is 9.88. The molecule has 2 N–H and O–H groups in total. The highest BCUT2D eigenvalue weighted by Crippen LogP contribution is 2.30. The van der Waals surface area contributed by atoms with Crippen molar-refractivity contribution in [2.24, 2.45) is 11.1 Å². The highest BCUT2D eigenvalue weighted by Gasteiger charge is 2.22. The van der Waals surface area contributed by atoms with Crippen molar-refractivity contribution in [1.82, 2.24) is 0 Å². The smallest absolute Gasteiger partial charge is 0.0199 e. The minimum absolute atomic E-state index is 0.430. The van der Waals surface area contributed by atoms with E-state index in [0.717, 1.165) is 5.25 Å². The topological polar surface area (TPSA) is 26.0 Å². The summed E-state index contributed by atoms with van der Waals surface area (Å²) < 4.78 is 0. The minimum atomic E-state index is 0.430. The second-order valence-corrected chi connectivity index (χ2v) is 7.02. The summed E-state index contributed by atoms with van der Waals surface area (Å²) in [6, 6.07) is 0.430. The molecule has 2 heteroatoms. The molecule has 0 amide bonds. The molecule has 0 saturated carbocycles. The van der Waals surface area contributed by atoms with Gasteiger partial charge in [0.2, 0.25) is 0 Å². The van der Waals surface area contributed by atoms with E-state index in [1.165, 1.54) is 37.9 Å². The molecule has 0 spiro atoms. The zero-order chi connectivity index (χ0) is 10.6. The monoisotopic (exact) mass is 215 g/mol. The average molecular weight is 215 g/mol. The Hall–Kier alpha value is 0.310. The van der Waals surface area contributed by atoms with Gasteiger partial charge in [0.25, 0.3) is 0 Å². The third-order valence-corrected chi connectivity index (χ3v) is 4.46. The molecule has 2 atom stereocenters. The molecular formula is C12H25NS. The molecule has 84 valence electrons. The Bertz CT molecular complexity index is 156. The number of hydrogen-bond acceptors (Lipinski definition) is 2. The Balaban J connectivity index is 2.23. The molecule has 0 aliphatic carbocycles. The van der Waals surface area contributed by atoms with Gasteiger partial charge in [-0.1, -0.05) is 27.2 Å². The van der Waals surface area contributed by atoms with Crippen molar-refractivity contribution >= 4 is 11.8 Å². The lowest BCUT2D eigenvalue weighted by molar-refractivity contribution is 0.342. The molecule has 1 nitrogen and oxygen atoms in total. The van der Waals surface area contributed by atoms with Gasteiger partial charge >= 0.3 is 0 Å². The summed E-state index contributed by atoms with van der Waals surface area (Å²) in [5.74, 6) is 1.33. The Kier molecular flexibility index (Phi) is 4.78. The molecule has 2 unspecified atom stereocenters. The molecule has 0 aromatic heterocycles. The highest BCUT2D eigenvalue weighted by molar-refractivity contribution is 8.00. The van der Waals surface area contributed by atoms with Crippen LogP contribution in [-0.4, -0.2) is 17.0 Å².